The van der Waals surface area contributed by atoms with Gasteiger partial charge in [0.15, 0.2) is 0 Å². The molecule has 0 amide bonds. The van der Waals surface area contributed by atoms with Crippen LogP contribution < -0.4 is 21.7 Å². The summed E-state index contributed by atoms with van der Waals surface area (Å²) in [5, 5.41) is 3.36. The van der Waals surface area contributed by atoms with E-state index in [4.69, 9.17) is 11.5 Å². The maximum absolute atomic E-state index is 6.33. The Morgan fingerprint density at radius 1 is 1.00 bits per heavy atom. The van der Waals surface area contributed by atoms with E-state index in [9.17, 15) is 0 Å². The summed E-state index contributed by atoms with van der Waals surface area (Å²) in [5.41, 5.74) is 17.2. The number of aryl methyl sites for hydroxylation is 1. The maximum Gasteiger partial charge on any atom is 0.129 e. The normalized spacial score (nSPS) is 14.3. The number of hydrogen-bond donors (Lipinski definition) is 3. The van der Waals surface area contributed by atoms with Crippen molar-refractivity contribution in [1.82, 2.24) is 20.3 Å². The van der Waals surface area contributed by atoms with E-state index in [1.807, 2.05) is 31.2 Å². The van der Waals surface area contributed by atoms with Gasteiger partial charge in [0.05, 0.1) is 11.4 Å². The van der Waals surface area contributed by atoms with E-state index < -0.39 is 0 Å². The molecule has 1 fully saturated rings. The molecule has 4 rings (SSSR count). The summed E-state index contributed by atoms with van der Waals surface area (Å²) in [7, 11) is 0. The van der Waals surface area contributed by atoms with Gasteiger partial charge in [-0.05, 0) is 36.8 Å². The van der Waals surface area contributed by atoms with Gasteiger partial charge >= 0.3 is 0 Å². The lowest BCUT2D eigenvalue weighted by molar-refractivity contribution is 0.585. The average Bonchev–Trinajstić information content (AvgIpc) is 2.68. The molecule has 0 saturated carbocycles. The summed E-state index contributed by atoms with van der Waals surface area (Å²) in [4.78, 5) is 15.9. The molecule has 3 aromatic heterocycles. The van der Waals surface area contributed by atoms with Crippen molar-refractivity contribution in [2.45, 2.75) is 6.92 Å². The summed E-state index contributed by atoms with van der Waals surface area (Å²) in [6.07, 6.45) is 3.59. The fraction of sp³-hybridized carbons (Fsp3) is 0.250. The SMILES string of the molecule is Cc1ccnc(-c2c(N)cc(N)nc2-c2ccnc(N3CCNCC3)c2)c1. The molecule has 7 nitrogen and oxygen atoms in total. The Morgan fingerprint density at radius 3 is 2.56 bits per heavy atom. The zero-order chi connectivity index (χ0) is 18.8. The molecule has 138 valence electrons. The highest BCUT2D eigenvalue weighted by Gasteiger charge is 2.18. The molecular weight excluding hydrogens is 338 g/mol. The van der Waals surface area contributed by atoms with Gasteiger partial charge in [0, 0.05) is 61.5 Å². The second kappa shape index (κ2) is 7.20. The van der Waals surface area contributed by atoms with Crippen molar-refractivity contribution in [2.75, 3.05) is 42.5 Å². The fourth-order valence-electron chi connectivity index (χ4n) is 3.37. The number of hydrogen-bond acceptors (Lipinski definition) is 7. The minimum Gasteiger partial charge on any atom is -0.398 e. The van der Waals surface area contributed by atoms with Crippen LogP contribution in [0.5, 0.6) is 0 Å². The standard InChI is InChI=1S/C20H23N7/c1-13-2-4-24-16(10-13)19-15(21)12-17(22)26-20(19)14-3-5-25-18(11-14)27-8-6-23-7-9-27/h2-5,10-12,23H,6-9H2,1H3,(H4,21,22,26). The van der Waals surface area contributed by atoms with Crippen LogP contribution in [0.15, 0.2) is 42.7 Å². The number of piperazine rings is 1. The highest BCUT2D eigenvalue weighted by molar-refractivity contribution is 5.89. The summed E-state index contributed by atoms with van der Waals surface area (Å²) in [6, 6.07) is 9.63. The summed E-state index contributed by atoms with van der Waals surface area (Å²) < 4.78 is 0. The number of pyridine rings is 3. The lowest BCUT2D eigenvalue weighted by Crippen LogP contribution is -2.43. The number of nitrogens with two attached hydrogens (primary N) is 2. The first-order valence-electron chi connectivity index (χ1n) is 9.03. The zero-order valence-electron chi connectivity index (χ0n) is 15.3. The number of anilines is 3. The number of nitrogens with zero attached hydrogens (tertiary/aromatic N) is 4. The summed E-state index contributed by atoms with van der Waals surface area (Å²) >= 11 is 0. The molecule has 0 atom stereocenters. The predicted octanol–water partition coefficient (Wildman–Crippen LogP) is 2.09. The van der Waals surface area contributed by atoms with Gasteiger partial charge < -0.3 is 21.7 Å². The zero-order valence-corrected chi connectivity index (χ0v) is 15.3. The number of nitrogens with one attached hydrogen (secondary N) is 1. The van der Waals surface area contributed by atoms with Crippen LogP contribution in [-0.2, 0) is 0 Å². The first kappa shape index (κ1) is 17.2. The lowest BCUT2D eigenvalue weighted by Gasteiger charge is -2.28. The van der Waals surface area contributed by atoms with Gasteiger partial charge in [-0.3, -0.25) is 4.98 Å². The third kappa shape index (κ3) is 3.54. The molecule has 7 heteroatoms. The monoisotopic (exact) mass is 361 g/mol. The van der Waals surface area contributed by atoms with Gasteiger partial charge in [0.2, 0.25) is 0 Å². The number of aromatic nitrogens is 3. The average molecular weight is 361 g/mol. The summed E-state index contributed by atoms with van der Waals surface area (Å²) in [6.45, 7) is 5.78. The number of rotatable bonds is 3. The molecule has 0 aliphatic carbocycles. The van der Waals surface area contributed by atoms with E-state index in [-0.39, 0.29) is 0 Å². The van der Waals surface area contributed by atoms with Gasteiger partial charge in [0.25, 0.3) is 0 Å². The molecule has 3 aromatic rings. The minimum absolute atomic E-state index is 0.388. The van der Waals surface area contributed by atoms with Gasteiger partial charge in [0.1, 0.15) is 11.6 Å². The molecular formula is C20H23N7. The predicted molar refractivity (Wildman–Crippen MR) is 109 cm³/mol. The van der Waals surface area contributed by atoms with Gasteiger partial charge in [-0.1, -0.05) is 0 Å². The van der Waals surface area contributed by atoms with Crippen LogP contribution >= 0.6 is 0 Å². The van der Waals surface area contributed by atoms with Crippen molar-refractivity contribution in [2.24, 2.45) is 0 Å². The lowest BCUT2D eigenvalue weighted by atomic mass is 10.0. The van der Waals surface area contributed by atoms with E-state index in [1.54, 1.807) is 18.5 Å². The Labute approximate surface area is 158 Å². The molecule has 0 spiro atoms. The van der Waals surface area contributed by atoms with Crippen LogP contribution in [0.4, 0.5) is 17.3 Å². The molecule has 0 aromatic carbocycles. The minimum atomic E-state index is 0.388. The van der Waals surface area contributed by atoms with Crippen molar-refractivity contribution in [1.29, 1.82) is 0 Å². The third-order valence-electron chi connectivity index (χ3n) is 4.70. The smallest absolute Gasteiger partial charge is 0.129 e. The quantitative estimate of drug-likeness (QED) is 0.656. The highest BCUT2D eigenvalue weighted by atomic mass is 15.2. The van der Waals surface area contributed by atoms with Crippen LogP contribution in [-0.4, -0.2) is 41.1 Å². The van der Waals surface area contributed by atoms with Crippen molar-refractivity contribution < 1.29 is 0 Å². The van der Waals surface area contributed by atoms with Gasteiger partial charge in [-0.15, -0.1) is 0 Å². The van der Waals surface area contributed by atoms with Crippen LogP contribution in [0.1, 0.15) is 5.56 Å². The maximum atomic E-state index is 6.33. The van der Waals surface area contributed by atoms with Gasteiger partial charge in [-0.2, -0.15) is 0 Å². The third-order valence-corrected chi connectivity index (χ3v) is 4.70. The Kier molecular flexibility index (Phi) is 4.60. The summed E-state index contributed by atoms with van der Waals surface area (Å²) in [5.74, 6) is 1.32. The van der Waals surface area contributed by atoms with Crippen LogP contribution in [0.2, 0.25) is 0 Å². The largest absolute Gasteiger partial charge is 0.398 e. The van der Waals surface area contributed by atoms with Crippen LogP contribution in [0.3, 0.4) is 0 Å². The van der Waals surface area contributed by atoms with Crippen molar-refractivity contribution >= 4 is 17.3 Å². The van der Waals surface area contributed by atoms with Crippen molar-refractivity contribution in [3.05, 3.63) is 48.3 Å². The Bertz CT molecular complexity index is 964. The molecule has 0 unspecified atom stereocenters. The van der Waals surface area contributed by atoms with Crippen LogP contribution in [0.25, 0.3) is 22.5 Å². The second-order valence-corrected chi connectivity index (χ2v) is 6.72. The molecule has 4 heterocycles. The first-order chi connectivity index (χ1) is 13.1. The molecule has 1 aliphatic heterocycles. The Balaban J connectivity index is 1.84. The van der Waals surface area contributed by atoms with E-state index in [0.29, 0.717) is 11.5 Å². The topological polar surface area (TPSA) is 106 Å². The molecule has 5 N–H and O–H groups in total. The van der Waals surface area contributed by atoms with E-state index >= 15 is 0 Å². The fourth-order valence-corrected chi connectivity index (χ4v) is 3.37. The van der Waals surface area contributed by atoms with E-state index in [2.05, 4.69) is 25.2 Å². The first-order valence-corrected chi connectivity index (χ1v) is 9.03. The molecule has 0 bridgehead atoms. The van der Waals surface area contributed by atoms with E-state index in [0.717, 1.165) is 60.1 Å². The van der Waals surface area contributed by atoms with Gasteiger partial charge in [-0.25, -0.2) is 9.97 Å². The van der Waals surface area contributed by atoms with Crippen molar-refractivity contribution in [3.63, 3.8) is 0 Å². The van der Waals surface area contributed by atoms with E-state index in [1.165, 1.54) is 0 Å². The second-order valence-electron chi connectivity index (χ2n) is 6.72. The Morgan fingerprint density at radius 2 is 1.78 bits per heavy atom. The Hall–Kier alpha value is -3.19. The van der Waals surface area contributed by atoms with Crippen molar-refractivity contribution in [3.8, 4) is 22.5 Å². The molecule has 1 saturated heterocycles. The highest BCUT2D eigenvalue weighted by Crippen LogP contribution is 2.36. The van der Waals surface area contributed by atoms with Crippen LogP contribution in [0, 0.1) is 6.92 Å². The molecule has 0 radical (unpaired) electrons. The molecule has 27 heavy (non-hydrogen) atoms. The number of nitrogen functional groups attached to an aromatic ring is 2. The molecule has 1 aliphatic rings.